The Morgan fingerprint density at radius 3 is 2.42 bits per heavy atom. The van der Waals surface area contributed by atoms with Gasteiger partial charge in [0.2, 0.25) is 0 Å². The quantitative estimate of drug-likeness (QED) is 0.706. The van der Waals surface area contributed by atoms with Crippen molar-refractivity contribution in [2.24, 2.45) is 5.41 Å². The van der Waals surface area contributed by atoms with E-state index < -0.39 is 5.60 Å². The second-order valence-corrected chi connectivity index (χ2v) is 4.92. The molecule has 0 spiro atoms. The molecule has 0 amide bonds. The molecule has 2 heteroatoms. The van der Waals surface area contributed by atoms with Crippen LogP contribution in [-0.4, -0.2) is 10.7 Å². The van der Waals surface area contributed by atoms with E-state index in [0.717, 1.165) is 25.7 Å². The molecule has 1 N–H and O–H groups in total. The summed E-state index contributed by atoms with van der Waals surface area (Å²) >= 11 is 5.77. The van der Waals surface area contributed by atoms with Crippen LogP contribution in [0.4, 0.5) is 0 Å². The zero-order valence-corrected chi connectivity index (χ0v) is 8.62. The molecule has 2 unspecified atom stereocenters. The van der Waals surface area contributed by atoms with Gasteiger partial charge in [0.15, 0.2) is 0 Å². The molecule has 0 aliphatic heterocycles. The fourth-order valence-corrected chi connectivity index (χ4v) is 2.39. The zero-order chi connectivity index (χ0) is 9.41. The number of hydrogen-bond acceptors (Lipinski definition) is 1. The van der Waals surface area contributed by atoms with Crippen molar-refractivity contribution in [2.45, 2.75) is 45.1 Å². The molecule has 0 bridgehead atoms. The molecule has 1 aliphatic carbocycles. The third kappa shape index (κ3) is 1.67. The van der Waals surface area contributed by atoms with Crippen LogP contribution < -0.4 is 0 Å². The zero-order valence-electron chi connectivity index (χ0n) is 7.86. The first kappa shape index (κ1) is 10.1. The van der Waals surface area contributed by atoms with Crippen LogP contribution in [0.3, 0.4) is 0 Å². The van der Waals surface area contributed by atoms with Gasteiger partial charge in [0, 0.05) is 10.4 Å². The lowest BCUT2D eigenvalue weighted by Gasteiger charge is -2.36. The maximum atomic E-state index is 10.1. The third-order valence-electron chi connectivity index (χ3n) is 3.27. The van der Waals surface area contributed by atoms with E-state index in [1.54, 1.807) is 0 Å². The number of aliphatic hydroxyl groups is 1. The Labute approximate surface area is 79.4 Å². The lowest BCUT2D eigenvalue weighted by molar-refractivity contribution is -0.0344. The Morgan fingerprint density at radius 1 is 1.50 bits per heavy atom. The van der Waals surface area contributed by atoms with E-state index in [9.17, 15) is 5.11 Å². The first-order valence-corrected chi connectivity index (χ1v) is 4.81. The summed E-state index contributed by atoms with van der Waals surface area (Å²) in [7, 11) is 0. The smallest absolute Gasteiger partial charge is 0.0676 e. The minimum atomic E-state index is -0.565. The van der Waals surface area contributed by atoms with Crippen LogP contribution in [-0.2, 0) is 0 Å². The molecule has 0 saturated heterocycles. The van der Waals surface area contributed by atoms with Crippen LogP contribution >= 0.6 is 11.6 Å². The highest BCUT2D eigenvalue weighted by atomic mass is 35.5. The van der Waals surface area contributed by atoms with Crippen molar-refractivity contribution in [2.75, 3.05) is 0 Å². The van der Waals surface area contributed by atoms with E-state index >= 15 is 0 Å². The van der Waals surface area contributed by atoms with Gasteiger partial charge >= 0.3 is 0 Å². The first-order chi connectivity index (χ1) is 5.37. The average molecular weight is 189 g/mol. The predicted molar refractivity (Wildman–Crippen MR) is 52.2 cm³/mol. The number of rotatable bonds is 2. The molecular weight excluding hydrogens is 172 g/mol. The SMILES string of the molecule is C=C(Cl)CC1(C)CCCC1(C)O. The molecule has 0 aromatic rings. The highest BCUT2D eigenvalue weighted by molar-refractivity contribution is 6.29. The fraction of sp³-hybridized carbons (Fsp3) is 0.800. The molecule has 1 rings (SSSR count). The fourth-order valence-electron chi connectivity index (χ4n) is 2.10. The second kappa shape index (κ2) is 3.04. The van der Waals surface area contributed by atoms with Crippen molar-refractivity contribution in [3.05, 3.63) is 11.6 Å². The van der Waals surface area contributed by atoms with Gasteiger partial charge in [-0.25, -0.2) is 0 Å². The highest BCUT2D eigenvalue weighted by Crippen LogP contribution is 2.49. The van der Waals surface area contributed by atoms with E-state index in [4.69, 9.17) is 11.6 Å². The second-order valence-electron chi connectivity index (χ2n) is 4.38. The number of allylic oxidation sites excluding steroid dienone is 1. The minimum Gasteiger partial charge on any atom is -0.390 e. The van der Waals surface area contributed by atoms with E-state index in [-0.39, 0.29) is 5.41 Å². The summed E-state index contributed by atoms with van der Waals surface area (Å²) in [5, 5.41) is 10.7. The van der Waals surface area contributed by atoms with Gasteiger partial charge in [-0.1, -0.05) is 25.1 Å². The Balaban J connectivity index is 2.75. The maximum absolute atomic E-state index is 10.1. The molecular formula is C10H17ClO. The predicted octanol–water partition coefficient (Wildman–Crippen LogP) is 3.07. The van der Waals surface area contributed by atoms with Gasteiger partial charge in [0.1, 0.15) is 0 Å². The van der Waals surface area contributed by atoms with Crippen molar-refractivity contribution in [3.8, 4) is 0 Å². The van der Waals surface area contributed by atoms with Gasteiger partial charge in [0.25, 0.3) is 0 Å². The monoisotopic (exact) mass is 188 g/mol. The maximum Gasteiger partial charge on any atom is 0.0676 e. The van der Waals surface area contributed by atoms with Crippen molar-refractivity contribution >= 4 is 11.6 Å². The molecule has 2 atom stereocenters. The normalized spacial score (nSPS) is 41.7. The summed E-state index contributed by atoms with van der Waals surface area (Å²) in [6.07, 6.45) is 3.74. The topological polar surface area (TPSA) is 20.2 Å². The highest BCUT2D eigenvalue weighted by Gasteiger charge is 2.46. The molecule has 0 aromatic heterocycles. The van der Waals surface area contributed by atoms with Crippen LogP contribution in [0.1, 0.15) is 39.5 Å². The summed E-state index contributed by atoms with van der Waals surface area (Å²) in [4.78, 5) is 0. The van der Waals surface area contributed by atoms with Gasteiger partial charge in [-0.2, -0.15) is 0 Å². The molecule has 0 radical (unpaired) electrons. The molecule has 1 aliphatic rings. The van der Waals surface area contributed by atoms with Crippen LogP contribution in [0.25, 0.3) is 0 Å². The third-order valence-corrected chi connectivity index (χ3v) is 3.41. The van der Waals surface area contributed by atoms with Crippen molar-refractivity contribution in [3.63, 3.8) is 0 Å². The largest absolute Gasteiger partial charge is 0.390 e. The summed E-state index contributed by atoms with van der Waals surface area (Å²) in [6.45, 7) is 7.68. The molecule has 1 saturated carbocycles. The number of hydrogen-bond donors (Lipinski definition) is 1. The standard InChI is InChI=1S/C10H17ClO/c1-8(11)7-9(2)5-4-6-10(9,3)12/h12H,1,4-7H2,2-3H3. The average Bonchev–Trinajstić information content (AvgIpc) is 2.05. The van der Waals surface area contributed by atoms with Crippen LogP contribution in [0.5, 0.6) is 0 Å². The van der Waals surface area contributed by atoms with Crippen molar-refractivity contribution < 1.29 is 5.11 Å². The van der Waals surface area contributed by atoms with Crippen molar-refractivity contribution in [1.82, 2.24) is 0 Å². The molecule has 1 nitrogen and oxygen atoms in total. The molecule has 70 valence electrons. The molecule has 1 fully saturated rings. The van der Waals surface area contributed by atoms with Crippen LogP contribution in [0.2, 0.25) is 0 Å². The summed E-state index contributed by atoms with van der Waals surface area (Å²) < 4.78 is 0. The Hall–Kier alpha value is -0.0100. The first-order valence-electron chi connectivity index (χ1n) is 4.43. The van der Waals surface area contributed by atoms with Crippen molar-refractivity contribution in [1.29, 1.82) is 0 Å². The lowest BCUT2D eigenvalue weighted by atomic mass is 9.74. The van der Waals surface area contributed by atoms with E-state index in [0.29, 0.717) is 5.03 Å². The molecule has 0 aromatic carbocycles. The van der Waals surface area contributed by atoms with Gasteiger partial charge in [0.05, 0.1) is 5.60 Å². The van der Waals surface area contributed by atoms with E-state index in [1.807, 2.05) is 6.92 Å². The Bertz CT molecular complexity index is 198. The summed E-state index contributed by atoms with van der Waals surface area (Å²) in [5.41, 5.74) is -0.628. The minimum absolute atomic E-state index is 0.0637. The molecule has 12 heavy (non-hydrogen) atoms. The Kier molecular flexibility index (Phi) is 2.55. The lowest BCUT2D eigenvalue weighted by Crippen LogP contribution is -2.38. The van der Waals surface area contributed by atoms with Crippen LogP contribution in [0.15, 0.2) is 11.6 Å². The number of halogens is 1. The van der Waals surface area contributed by atoms with Crippen LogP contribution in [0, 0.1) is 5.41 Å². The van der Waals surface area contributed by atoms with Gasteiger partial charge in [-0.3, -0.25) is 0 Å². The van der Waals surface area contributed by atoms with Gasteiger partial charge in [-0.15, -0.1) is 0 Å². The Morgan fingerprint density at radius 2 is 2.08 bits per heavy atom. The van der Waals surface area contributed by atoms with Gasteiger partial charge in [-0.05, 0) is 32.6 Å². The summed E-state index contributed by atoms with van der Waals surface area (Å²) in [5.74, 6) is 0. The van der Waals surface area contributed by atoms with E-state index in [1.165, 1.54) is 0 Å². The van der Waals surface area contributed by atoms with E-state index in [2.05, 4.69) is 13.5 Å². The summed E-state index contributed by atoms with van der Waals surface area (Å²) in [6, 6.07) is 0. The van der Waals surface area contributed by atoms with Gasteiger partial charge < -0.3 is 5.11 Å². The molecule has 0 heterocycles.